The van der Waals surface area contributed by atoms with Gasteiger partial charge in [0.05, 0.1) is 24.5 Å². The summed E-state index contributed by atoms with van der Waals surface area (Å²) in [5, 5.41) is 27.1. The number of hydrogen-bond acceptors (Lipinski definition) is 8. The van der Waals surface area contributed by atoms with Crippen molar-refractivity contribution in [2.75, 3.05) is 37.4 Å². The molecule has 0 spiro atoms. The summed E-state index contributed by atoms with van der Waals surface area (Å²) in [7, 11) is 0. The molecule has 10 heteroatoms. The zero-order chi connectivity index (χ0) is 37.1. The Bertz CT molecular complexity index is 1630. The summed E-state index contributed by atoms with van der Waals surface area (Å²) in [4.78, 5) is 38.4. The topological polar surface area (TPSA) is 134 Å². The van der Waals surface area contributed by atoms with Crippen LogP contribution in [0.2, 0.25) is 0 Å². The van der Waals surface area contributed by atoms with Crippen molar-refractivity contribution in [3.63, 3.8) is 0 Å². The van der Waals surface area contributed by atoms with Crippen molar-refractivity contribution < 1.29 is 34.1 Å². The molecule has 4 N–H and O–H groups in total. The maximum Gasteiger partial charge on any atom is 0.411 e. The SMILES string of the molecule is CCC(C)(C)c1ccc(OCCCNC(=O)c2cc(SCCCC(=O)CO)c3c(NC(=O)OCC(C)C)cccc3c2O)c(C(C)(C)CC)c1. The van der Waals surface area contributed by atoms with Crippen molar-refractivity contribution in [1.82, 2.24) is 5.32 Å². The third-order valence-electron chi connectivity index (χ3n) is 9.28. The van der Waals surface area contributed by atoms with E-state index in [0.29, 0.717) is 53.1 Å². The van der Waals surface area contributed by atoms with Crippen LogP contribution in [0.4, 0.5) is 10.5 Å². The van der Waals surface area contributed by atoms with Crippen LogP contribution in [0.5, 0.6) is 11.5 Å². The molecule has 50 heavy (non-hydrogen) atoms. The molecule has 274 valence electrons. The average molecular weight is 709 g/mol. The lowest BCUT2D eigenvalue weighted by atomic mass is 9.76. The van der Waals surface area contributed by atoms with Crippen molar-refractivity contribution in [2.24, 2.45) is 5.92 Å². The number of carbonyl (C=O) groups is 3. The van der Waals surface area contributed by atoms with Gasteiger partial charge in [-0.15, -0.1) is 11.8 Å². The Balaban J connectivity index is 1.79. The molecular weight excluding hydrogens is 653 g/mol. The van der Waals surface area contributed by atoms with Crippen LogP contribution >= 0.6 is 11.8 Å². The van der Waals surface area contributed by atoms with Gasteiger partial charge in [0, 0.05) is 34.2 Å². The smallest absolute Gasteiger partial charge is 0.411 e. The number of anilines is 1. The largest absolute Gasteiger partial charge is 0.506 e. The molecule has 3 aromatic carbocycles. The number of aliphatic hydroxyl groups excluding tert-OH is 1. The van der Waals surface area contributed by atoms with Gasteiger partial charge >= 0.3 is 6.09 Å². The summed E-state index contributed by atoms with van der Waals surface area (Å²) in [5.41, 5.74) is 3.00. The van der Waals surface area contributed by atoms with Crippen LogP contribution in [-0.2, 0) is 20.4 Å². The zero-order valence-corrected chi connectivity index (χ0v) is 31.9. The van der Waals surface area contributed by atoms with Crippen molar-refractivity contribution in [3.05, 3.63) is 59.2 Å². The van der Waals surface area contributed by atoms with Gasteiger partial charge in [-0.05, 0) is 71.9 Å². The Morgan fingerprint density at radius 3 is 2.34 bits per heavy atom. The molecule has 0 aliphatic heterocycles. The van der Waals surface area contributed by atoms with Gasteiger partial charge in [-0.1, -0.05) is 79.7 Å². The summed E-state index contributed by atoms with van der Waals surface area (Å²) in [6.07, 6.45) is 2.66. The lowest BCUT2D eigenvalue weighted by Crippen LogP contribution is -2.26. The molecule has 3 rings (SSSR count). The first-order valence-corrected chi connectivity index (χ1v) is 18.7. The Hall–Kier alpha value is -3.76. The van der Waals surface area contributed by atoms with Gasteiger partial charge in [0.25, 0.3) is 5.91 Å². The molecule has 0 radical (unpaired) electrons. The Morgan fingerprint density at radius 2 is 1.68 bits per heavy atom. The van der Waals surface area contributed by atoms with Gasteiger partial charge in [0.1, 0.15) is 18.1 Å². The molecule has 0 unspecified atom stereocenters. The highest BCUT2D eigenvalue weighted by atomic mass is 32.2. The van der Waals surface area contributed by atoms with Crippen LogP contribution in [0.25, 0.3) is 10.8 Å². The minimum Gasteiger partial charge on any atom is -0.506 e. The van der Waals surface area contributed by atoms with Crippen molar-refractivity contribution in [1.29, 1.82) is 0 Å². The van der Waals surface area contributed by atoms with E-state index in [-0.39, 0.29) is 46.9 Å². The van der Waals surface area contributed by atoms with E-state index >= 15 is 0 Å². The molecule has 0 aromatic heterocycles. The van der Waals surface area contributed by atoms with E-state index in [2.05, 4.69) is 70.4 Å². The molecule has 0 bridgehead atoms. The van der Waals surface area contributed by atoms with E-state index in [0.717, 1.165) is 18.6 Å². The fraction of sp³-hybridized carbons (Fsp3) is 0.525. The number of phenols is 1. The van der Waals surface area contributed by atoms with E-state index in [1.807, 2.05) is 13.8 Å². The number of Topliss-reactive ketones (excluding diaryl/α,β-unsaturated/α-hetero) is 1. The number of fused-ring (bicyclic) bond motifs is 1. The molecule has 0 aliphatic rings. The van der Waals surface area contributed by atoms with E-state index in [1.165, 1.54) is 22.9 Å². The lowest BCUT2D eigenvalue weighted by Gasteiger charge is -2.30. The molecule has 0 aliphatic carbocycles. The number of hydrogen-bond donors (Lipinski definition) is 4. The molecule has 3 aromatic rings. The normalized spacial score (nSPS) is 11.9. The molecule has 0 atom stereocenters. The van der Waals surface area contributed by atoms with E-state index in [9.17, 15) is 19.5 Å². The number of carbonyl (C=O) groups excluding carboxylic acids is 3. The fourth-order valence-corrected chi connectivity index (χ4v) is 6.37. The standard InChI is InChI=1S/C40H56N2O7S/c1-9-39(5,6)27-17-18-33(31(22-27)40(7,8)10-2)48-20-13-19-41-37(46)30-23-34(50-21-12-14-28(44)24-43)35-29(36(30)45)15-11-16-32(35)42-38(47)49-25-26(3)4/h11,15-18,22-23,26,43,45H,9-10,12-14,19-21,24-25H2,1-8H3,(H,41,46)(H,42,47). The maximum absolute atomic E-state index is 13.5. The second-order valence-electron chi connectivity index (χ2n) is 14.4. The Labute approximate surface area is 301 Å². The van der Waals surface area contributed by atoms with Crippen molar-refractivity contribution >= 4 is 46.0 Å². The van der Waals surface area contributed by atoms with E-state index in [4.69, 9.17) is 14.6 Å². The maximum atomic E-state index is 13.5. The lowest BCUT2D eigenvalue weighted by molar-refractivity contribution is -0.121. The molecule has 0 saturated carbocycles. The molecule has 0 fully saturated rings. The predicted molar refractivity (Wildman–Crippen MR) is 203 cm³/mol. The molecule has 0 heterocycles. The third kappa shape index (κ3) is 10.9. The number of benzene rings is 3. The van der Waals surface area contributed by atoms with Crippen LogP contribution in [0.3, 0.4) is 0 Å². The van der Waals surface area contributed by atoms with Crippen LogP contribution in [0.1, 0.15) is 109 Å². The van der Waals surface area contributed by atoms with E-state index < -0.39 is 18.6 Å². The number of aliphatic hydroxyl groups is 1. The first-order chi connectivity index (χ1) is 23.6. The third-order valence-corrected chi connectivity index (χ3v) is 10.4. The second kappa shape index (κ2) is 18.5. The number of ketones is 1. The number of aromatic hydroxyl groups is 1. The first-order valence-electron chi connectivity index (χ1n) is 17.7. The summed E-state index contributed by atoms with van der Waals surface area (Å²) in [6.45, 7) is 17.7. The summed E-state index contributed by atoms with van der Waals surface area (Å²) < 4.78 is 11.6. The number of ether oxygens (including phenoxy) is 2. The molecule has 9 nitrogen and oxygen atoms in total. The summed E-state index contributed by atoms with van der Waals surface area (Å²) >= 11 is 1.40. The average Bonchev–Trinajstić information content (AvgIpc) is 3.09. The quantitative estimate of drug-likeness (QED) is 0.0718. The van der Waals surface area contributed by atoms with Gasteiger partial charge < -0.3 is 25.0 Å². The molecule has 2 amide bonds. The van der Waals surface area contributed by atoms with Gasteiger partial charge in [-0.2, -0.15) is 0 Å². The van der Waals surface area contributed by atoms with Crippen LogP contribution in [-0.4, -0.2) is 60.1 Å². The van der Waals surface area contributed by atoms with Crippen molar-refractivity contribution in [3.8, 4) is 11.5 Å². The van der Waals surface area contributed by atoms with Crippen LogP contribution in [0.15, 0.2) is 47.4 Å². The summed E-state index contributed by atoms with van der Waals surface area (Å²) in [5.74, 6) is 0.649. The Morgan fingerprint density at radius 1 is 0.960 bits per heavy atom. The number of thioether (sulfide) groups is 1. The van der Waals surface area contributed by atoms with Crippen LogP contribution in [0, 0.1) is 5.92 Å². The second-order valence-corrected chi connectivity index (χ2v) is 15.5. The first kappa shape index (κ1) is 40.7. The zero-order valence-electron chi connectivity index (χ0n) is 31.0. The minimum absolute atomic E-state index is 0.0599. The number of rotatable bonds is 19. The number of nitrogens with one attached hydrogen (secondary N) is 2. The van der Waals surface area contributed by atoms with Gasteiger partial charge in [-0.3, -0.25) is 14.9 Å². The molecule has 0 saturated heterocycles. The monoisotopic (exact) mass is 708 g/mol. The highest BCUT2D eigenvalue weighted by molar-refractivity contribution is 7.99. The van der Waals surface area contributed by atoms with Crippen molar-refractivity contribution in [2.45, 2.75) is 103 Å². The molecular formula is C40H56N2O7S. The van der Waals surface area contributed by atoms with Crippen LogP contribution < -0.4 is 15.4 Å². The highest BCUT2D eigenvalue weighted by Crippen LogP contribution is 2.41. The summed E-state index contributed by atoms with van der Waals surface area (Å²) in [6, 6.07) is 13.2. The number of amides is 2. The Kier molecular flexibility index (Phi) is 15.0. The number of phenolic OH excluding ortho intramolecular Hbond substituents is 1. The van der Waals surface area contributed by atoms with Gasteiger partial charge in [0.2, 0.25) is 0 Å². The fourth-order valence-electron chi connectivity index (χ4n) is 5.29. The minimum atomic E-state index is -0.620. The highest BCUT2D eigenvalue weighted by Gasteiger charge is 2.27. The van der Waals surface area contributed by atoms with Gasteiger partial charge in [-0.25, -0.2) is 4.79 Å². The van der Waals surface area contributed by atoms with E-state index in [1.54, 1.807) is 24.3 Å². The van der Waals surface area contributed by atoms with Gasteiger partial charge in [0.15, 0.2) is 5.78 Å². The predicted octanol–water partition coefficient (Wildman–Crippen LogP) is 8.76.